The molecule has 112 valence electrons. The number of carbonyl (C=O) groups is 1. The van der Waals surface area contributed by atoms with Crippen LogP contribution < -0.4 is 0 Å². The molecule has 0 aliphatic carbocycles. The maximum atomic E-state index is 12.3. The lowest BCUT2D eigenvalue weighted by molar-refractivity contribution is -0.362. The minimum atomic E-state index is 0.123. The first-order chi connectivity index (χ1) is 10.8. The smallest absolute Gasteiger partial charge is 0.219 e. The number of benzene rings is 2. The van der Waals surface area contributed by atoms with Gasteiger partial charge in [0, 0.05) is 18.2 Å². The molecule has 2 aromatic rings. The number of ether oxygens (including phenoxy) is 1. The summed E-state index contributed by atoms with van der Waals surface area (Å²) in [7, 11) is 0. The summed E-state index contributed by atoms with van der Waals surface area (Å²) in [4.78, 5) is 10.5. The van der Waals surface area contributed by atoms with Crippen LogP contribution in [0, 0.1) is 5.21 Å². The van der Waals surface area contributed by atoms with E-state index in [0.717, 1.165) is 10.3 Å². The summed E-state index contributed by atoms with van der Waals surface area (Å²) in [5, 5.41) is 12.3. The Kier molecular flexibility index (Phi) is 6.08. The van der Waals surface area contributed by atoms with Crippen molar-refractivity contribution in [2.45, 2.75) is 6.61 Å². The van der Waals surface area contributed by atoms with Gasteiger partial charge in [-0.3, -0.25) is 4.79 Å². The van der Waals surface area contributed by atoms with Crippen molar-refractivity contribution in [1.29, 1.82) is 0 Å². The number of nitrogens with zero attached hydrogens (tertiary/aromatic N) is 1. The lowest BCUT2D eigenvalue weighted by atomic mass is 10.2. The molecule has 0 unspecified atom stereocenters. The van der Waals surface area contributed by atoms with Gasteiger partial charge in [0.15, 0.2) is 0 Å². The van der Waals surface area contributed by atoms with E-state index in [-0.39, 0.29) is 6.61 Å². The maximum Gasteiger partial charge on any atom is 0.219 e. The Balaban J connectivity index is 2.09. The third-order valence-electron chi connectivity index (χ3n) is 2.98. The van der Waals surface area contributed by atoms with Crippen LogP contribution in [-0.4, -0.2) is 23.3 Å². The van der Waals surface area contributed by atoms with Crippen molar-refractivity contribution < 1.29 is 14.3 Å². The first-order valence-electron chi connectivity index (χ1n) is 6.93. The molecule has 0 radical (unpaired) electrons. The summed E-state index contributed by atoms with van der Waals surface area (Å²) in [5.41, 5.74) is 1.89. The van der Waals surface area contributed by atoms with Gasteiger partial charge in [0.05, 0.1) is 6.61 Å². The van der Waals surface area contributed by atoms with Crippen LogP contribution >= 0.6 is 0 Å². The number of hydrogen-bond donors (Lipinski definition) is 0. The second kappa shape index (κ2) is 8.54. The summed E-state index contributed by atoms with van der Waals surface area (Å²) in [6, 6.07) is 18.5. The van der Waals surface area contributed by atoms with Crippen molar-refractivity contribution in [3.05, 3.63) is 83.6 Å². The summed E-state index contributed by atoms with van der Waals surface area (Å²) in [5.74, 6) is 0. The van der Waals surface area contributed by atoms with E-state index in [1.165, 1.54) is 12.2 Å². The van der Waals surface area contributed by atoms with Crippen LogP contribution in [0.4, 0.5) is 5.69 Å². The maximum absolute atomic E-state index is 12.3. The van der Waals surface area contributed by atoms with Crippen molar-refractivity contribution in [2.24, 2.45) is 0 Å². The lowest BCUT2D eigenvalue weighted by Gasteiger charge is -2.08. The Hall–Kier alpha value is -2.72. The second-order valence-corrected chi connectivity index (χ2v) is 4.59. The standard InChI is InChI=1S/C18H17NO3/c20-13-7-12-18(19(21)17-10-5-2-6-11-17)15-22-14-16-8-3-1-4-9-16/h1-13H,14-15H2/b12-7+,19-18-. The average Bonchev–Trinajstić information content (AvgIpc) is 2.59. The minimum absolute atomic E-state index is 0.123. The minimum Gasteiger partial charge on any atom is -0.618 e. The van der Waals surface area contributed by atoms with Crippen LogP contribution in [-0.2, 0) is 16.1 Å². The van der Waals surface area contributed by atoms with E-state index in [9.17, 15) is 10.0 Å². The van der Waals surface area contributed by atoms with Crippen LogP contribution in [0.1, 0.15) is 5.56 Å². The third kappa shape index (κ3) is 4.68. The van der Waals surface area contributed by atoms with Gasteiger partial charge in [-0.1, -0.05) is 48.5 Å². The number of carbonyl (C=O) groups excluding carboxylic acids is 1. The molecule has 0 spiro atoms. The monoisotopic (exact) mass is 295 g/mol. The van der Waals surface area contributed by atoms with Crippen molar-refractivity contribution in [1.82, 2.24) is 0 Å². The van der Waals surface area contributed by atoms with Crippen molar-refractivity contribution >= 4 is 17.7 Å². The summed E-state index contributed by atoms with van der Waals surface area (Å²) in [6.07, 6.45) is 3.39. The molecular formula is C18H17NO3. The third-order valence-corrected chi connectivity index (χ3v) is 2.98. The Morgan fingerprint density at radius 2 is 1.68 bits per heavy atom. The average molecular weight is 295 g/mol. The zero-order valence-corrected chi connectivity index (χ0v) is 12.1. The second-order valence-electron chi connectivity index (χ2n) is 4.59. The van der Waals surface area contributed by atoms with Crippen molar-refractivity contribution in [2.75, 3.05) is 6.61 Å². The molecule has 0 aromatic heterocycles. The number of allylic oxidation sites excluding steroid dienone is 1. The zero-order valence-electron chi connectivity index (χ0n) is 12.1. The van der Waals surface area contributed by atoms with E-state index in [1.807, 2.05) is 36.4 Å². The summed E-state index contributed by atoms with van der Waals surface area (Å²) < 4.78 is 6.34. The lowest BCUT2D eigenvalue weighted by Crippen LogP contribution is -2.16. The normalized spacial score (nSPS) is 12.2. The number of aldehydes is 1. The zero-order chi connectivity index (χ0) is 15.6. The first kappa shape index (κ1) is 15.7. The molecule has 0 N–H and O–H groups in total. The SMILES string of the molecule is O=C/C=C/C(COCc1ccccc1)=[N+](/[O-])c1ccccc1. The van der Waals surface area contributed by atoms with Gasteiger partial charge in [-0.25, -0.2) is 0 Å². The van der Waals surface area contributed by atoms with Gasteiger partial charge in [0.25, 0.3) is 0 Å². The fourth-order valence-corrected chi connectivity index (χ4v) is 1.90. The summed E-state index contributed by atoms with van der Waals surface area (Å²) in [6.45, 7) is 0.527. The Morgan fingerprint density at radius 3 is 2.32 bits per heavy atom. The first-order valence-corrected chi connectivity index (χ1v) is 6.93. The molecular weight excluding hydrogens is 278 g/mol. The van der Waals surface area contributed by atoms with Gasteiger partial charge in [-0.05, 0) is 11.6 Å². The van der Waals surface area contributed by atoms with Crippen LogP contribution in [0.5, 0.6) is 0 Å². The Bertz CT molecular complexity index is 649. The predicted molar refractivity (Wildman–Crippen MR) is 86.0 cm³/mol. The van der Waals surface area contributed by atoms with Crippen LogP contribution in [0.2, 0.25) is 0 Å². The van der Waals surface area contributed by atoms with Crippen molar-refractivity contribution in [3.8, 4) is 0 Å². The highest BCUT2D eigenvalue weighted by atomic mass is 16.5. The van der Waals surface area contributed by atoms with Gasteiger partial charge in [0.1, 0.15) is 12.9 Å². The van der Waals surface area contributed by atoms with E-state index in [0.29, 0.717) is 24.3 Å². The molecule has 0 saturated heterocycles. The van der Waals surface area contributed by atoms with E-state index in [1.54, 1.807) is 24.3 Å². The molecule has 4 nitrogen and oxygen atoms in total. The molecule has 0 bridgehead atoms. The summed E-state index contributed by atoms with van der Waals surface area (Å²) >= 11 is 0. The van der Waals surface area contributed by atoms with E-state index in [4.69, 9.17) is 4.74 Å². The van der Waals surface area contributed by atoms with Gasteiger partial charge in [-0.15, -0.1) is 0 Å². The molecule has 2 aromatic carbocycles. The van der Waals surface area contributed by atoms with Crippen molar-refractivity contribution in [3.63, 3.8) is 0 Å². The fraction of sp³-hybridized carbons (Fsp3) is 0.111. The van der Waals surface area contributed by atoms with E-state index < -0.39 is 0 Å². The highest BCUT2D eigenvalue weighted by Gasteiger charge is 2.09. The van der Waals surface area contributed by atoms with Gasteiger partial charge in [-0.2, -0.15) is 4.74 Å². The topological polar surface area (TPSA) is 52.4 Å². The Labute approximate surface area is 129 Å². The quantitative estimate of drug-likeness (QED) is 0.197. The fourth-order valence-electron chi connectivity index (χ4n) is 1.90. The molecule has 0 fully saturated rings. The van der Waals surface area contributed by atoms with Crippen LogP contribution in [0.3, 0.4) is 0 Å². The molecule has 0 amide bonds. The van der Waals surface area contributed by atoms with E-state index >= 15 is 0 Å². The molecule has 0 aliphatic rings. The van der Waals surface area contributed by atoms with Crippen LogP contribution in [0.15, 0.2) is 72.8 Å². The highest BCUT2D eigenvalue weighted by Crippen LogP contribution is 2.10. The van der Waals surface area contributed by atoms with E-state index in [2.05, 4.69) is 0 Å². The van der Waals surface area contributed by atoms with Gasteiger partial charge in [0.2, 0.25) is 11.4 Å². The number of hydrogen-bond acceptors (Lipinski definition) is 3. The number of rotatable bonds is 7. The van der Waals surface area contributed by atoms with Gasteiger partial charge >= 0.3 is 0 Å². The Morgan fingerprint density at radius 1 is 1.05 bits per heavy atom. The molecule has 0 saturated carbocycles. The highest BCUT2D eigenvalue weighted by molar-refractivity contribution is 5.95. The molecule has 0 heterocycles. The molecule has 2 rings (SSSR count). The molecule has 4 heteroatoms. The molecule has 22 heavy (non-hydrogen) atoms. The largest absolute Gasteiger partial charge is 0.618 e. The molecule has 0 atom stereocenters. The predicted octanol–water partition coefficient (Wildman–Crippen LogP) is 3.24. The number of para-hydroxylation sites is 1. The van der Waals surface area contributed by atoms with Gasteiger partial charge < -0.3 is 9.94 Å². The molecule has 0 aliphatic heterocycles. The van der Waals surface area contributed by atoms with Crippen LogP contribution in [0.25, 0.3) is 0 Å².